The molecule has 0 aromatic heterocycles. The lowest BCUT2D eigenvalue weighted by Gasteiger charge is -2.36. The van der Waals surface area contributed by atoms with E-state index in [0.717, 1.165) is 12.8 Å². The quantitative estimate of drug-likeness (QED) is 0.681. The number of ketones is 1. The van der Waals surface area contributed by atoms with Gasteiger partial charge in [-0.15, -0.1) is 0 Å². The summed E-state index contributed by atoms with van der Waals surface area (Å²) in [6, 6.07) is 12.0. The molecule has 0 spiro atoms. The van der Waals surface area contributed by atoms with E-state index in [1.807, 2.05) is 18.7 Å². The van der Waals surface area contributed by atoms with Gasteiger partial charge in [0.15, 0.2) is 5.78 Å². The van der Waals surface area contributed by atoms with E-state index in [1.54, 1.807) is 29.2 Å². The van der Waals surface area contributed by atoms with Gasteiger partial charge in [-0.05, 0) is 43.2 Å². The zero-order valence-electron chi connectivity index (χ0n) is 17.4. The van der Waals surface area contributed by atoms with Crippen LogP contribution < -0.4 is 0 Å². The van der Waals surface area contributed by atoms with E-state index in [2.05, 4.69) is 0 Å². The highest BCUT2D eigenvalue weighted by Gasteiger charge is 2.29. The van der Waals surface area contributed by atoms with Crippen LogP contribution in [0.25, 0.3) is 0 Å². The van der Waals surface area contributed by atoms with Crippen molar-refractivity contribution in [1.29, 1.82) is 0 Å². The maximum absolute atomic E-state index is 13.2. The smallest absolute Gasteiger partial charge is 0.254 e. The second-order valence-corrected chi connectivity index (χ2v) is 7.51. The molecule has 3 rings (SSSR count). The molecule has 0 atom stereocenters. The predicted octanol–water partition coefficient (Wildman–Crippen LogP) is 3.78. The molecule has 0 radical (unpaired) electrons. The molecule has 5 nitrogen and oxygen atoms in total. The molecule has 0 bridgehead atoms. The van der Waals surface area contributed by atoms with Crippen molar-refractivity contribution in [2.45, 2.75) is 26.7 Å². The van der Waals surface area contributed by atoms with Gasteiger partial charge >= 0.3 is 0 Å². The van der Waals surface area contributed by atoms with Gasteiger partial charge in [0.2, 0.25) is 5.91 Å². The summed E-state index contributed by atoms with van der Waals surface area (Å²) in [5.74, 6) is -0.783. The number of carbonyl (C=O) groups excluding carboxylic acids is 3. The fraction of sp³-hybridized carbons (Fsp3) is 0.375. The Kier molecular flexibility index (Phi) is 6.98. The van der Waals surface area contributed by atoms with Crippen LogP contribution in [0.1, 0.15) is 53.0 Å². The van der Waals surface area contributed by atoms with Crippen LogP contribution in [-0.2, 0) is 4.79 Å². The van der Waals surface area contributed by atoms with Crippen molar-refractivity contribution < 1.29 is 18.8 Å². The lowest BCUT2D eigenvalue weighted by molar-refractivity contribution is -0.137. The molecule has 1 aliphatic rings. The van der Waals surface area contributed by atoms with Gasteiger partial charge in [-0.1, -0.05) is 32.0 Å². The van der Waals surface area contributed by atoms with Crippen LogP contribution in [0, 0.1) is 11.7 Å². The summed E-state index contributed by atoms with van der Waals surface area (Å²) in [6.07, 6.45) is 1.63. The number of carbonyl (C=O) groups is 3. The second kappa shape index (κ2) is 9.65. The van der Waals surface area contributed by atoms with Gasteiger partial charge in [0, 0.05) is 43.2 Å². The third kappa shape index (κ3) is 4.58. The summed E-state index contributed by atoms with van der Waals surface area (Å²) in [4.78, 5) is 42.1. The molecule has 1 fully saturated rings. The van der Waals surface area contributed by atoms with Gasteiger partial charge in [-0.2, -0.15) is 0 Å². The van der Waals surface area contributed by atoms with Gasteiger partial charge in [0.1, 0.15) is 5.82 Å². The van der Waals surface area contributed by atoms with E-state index in [0.29, 0.717) is 42.9 Å². The van der Waals surface area contributed by atoms with Crippen LogP contribution in [0.2, 0.25) is 0 Å². The number of rotatable bonds is 6. The minimum atomic E-state index is -0.420. The van der Waals surface area contributed by atoms with Gasteiger partial charge in [-0.3, -0.25) is 14.4 Å². The van der Waals surface area contributed by atoms with Crippen molar-refractivity contribution in [1.82, 2.24) is 9.80 Å². The van der Waals surface area contributed by atoms with Crippen LogP contribution in [0.4, 0.5) is 4.39 Å². The van der Waals surface area contributed by atoms with E-state index in [-0.39, 0.29) is 23.5 Å². The summed E-state index contributed by atoms with van der Waals surface area (Å²) >= 11 is 0. The molecular formula is C24H27FN2O3. The van der Waals surface area contributed by atoms with Gasteiger partial charge in [-0.25, -0.2) is 4.39 Å². The lowest BCUT2D eigenvalue weighted by atomic mass is 9.97. The largest absolute Gasteiger partial charge is 0.339 e. The number of benzene rings is 2. The zero-order valence-corrected chi connectivity index (χ0v) is 17.4. The highest BCUT2D eigenvalue weighted by atomic mass is 19.1. The standard InChI is InChI=1S/C24H27FN2O3/c1-3-17(4-2)23(29)26-13-15-27(16-14-26)24(30)21-8-6-5-7-20(21)22(28)18-9-11-19(25)12-10-18/h5-12,17H,3-4,13-16H2,1-2H3. The molecule has 0 unspecified atom stereocenters. The van der Waals surface area contributed by atoms with E-state index in [4.69, 9.17) is 0 Å². The van der Waals surface area contributed by atoms with Crippen molar-refractivity contribution in [2.24, 2.45) is 5.92 Å². The first-order valence-electron chi connectivity index (χ1n) is 10.4. The van der Waals surface area contributed by atoms with Crippen LogP contribution in [0.15, 0.2) is 48.5 Å². The molecule has 0 aliphatic carbocycles. The van der Waals surface area contributed by atoms with E-state index in [1.165, 1.54) is 24.3 Å². The summed E-state index contributed by atoms with van der Waals surface area (Å²) in [5, 5.41) is 0. The van der Waals surface area contributed by atoms with Crippen molar-refractivity contribution in [2.75, 3.05) is 26.2 Å². The number of hydrogen-bond donors (Lipinski definition) is 0. The Labute approximate surface area is 176 Å². The average molecular weight is 410 g/mol. The van der Waals surface area contributed by atoms with Crippen LogP contribution >= 0.6 is 0 Å². The summed E-state index contributed by atoms with van der Waals surface area (Å²) in [6.45, 7) is 5.89. The Bertz CT molecular complexity index is 914. The normalized spacial score (nSPS) is 14.1. The molecule has 2 amide bonds. The molecule has 1 heterocycles. The Morgan fingerprint density at radius 1 is 0.833 bits per heavy atom. The molecule has 2 aromatic rings. The zero-order chi connectivity index (χ0) is 21.7. The monoisotopic (exact) mass is 410 g/mol. The molecule has 1 aliphatic heterocycles. The average Bonchev–Trinajstić information content (AvgIpc) is 2.79. The molecule has 0 N–H and O–H groups in total. The highest BCUT2D eigenvalue weighted by Crippen LogP contribution is 2.19. The van der Waals surface area contributed by atoms with Crippen LogP contribution in [0.3, 0.4) is 0 Å². The third-order valence-electron chi connectivity index (χ3n) is 5.72. The fourth-order valence-electron chi connectivity index (χ4n) is 3.82. The molecule has 6 heteroatoms. The first-order valence-corrected chi connectivity index (χ1v) is 10.4. The summed E-state index contributed by atoms with van der Waals surface area (Å²) < 4.78 is 13.2. The minimum absolute atomic E-state index is 0.0290. The SMILES string of the molecule is CCC(CC)C(=O)N1CCN(C(=O)c2ccccc2C(=O)c2ccc(F)cc2)CC1. The highest BCUT2D eigenvalue weighted by molar-refractivity contribution is 6.15. The van der Waals surface area contributed by atoms with Crippen LogP contribution in [-0.4, -0.2) is 53.6 Å². The molecule has 30 heavy (non-hydrogen) atoms. The van der Waals surface area contributed by atoms with Gasteiger partial charge in [0.25, 0.3) is 5.91 Å². The third-order valence-corrected chi connectivity index (χ3v) is 5.72. The number of halogens is 1. The molecule has 2 aromatic carbocycles. The Morgan fingerprint density at radius 2 is 1.37 bits per heavy atom. The Hall–Kier alpha value is -3.02. The van der Waals surface area contributed by atoms with E-state index in [9.17, 15) is 18.8 Å². The molecule has 0 saturated carbocycles. The van der Waals surface area contributed by atoms with Gasteiger partial charge < -0.3 is 9.80 Å². The fourth-order valence-corrected chi connectivity index (χ4v) is 3.82. The topological polar surface area (TPSA) is 57.7 Å². The van der Waals surface area contributed by atoms with E-state index >= 15 is 0 Å². The number of hydrogen-bond acceptors (Lipinski definition) is 3. The van der Waals surface area contributed by atoms with Crippen molar-refractivity contribution in [3.05, 3.63) is 71.0 Å². The predicted molar refractivity (Wildman–Crippen MR) is 113 cm³/mol. The Morgan fingerprint density at radius 3 is 1.93 bits per heavy atom. The number of amides is 2. The minimum Gasteiger partial charge on any atom is -0.339 e. The summed E-state index contributed by atoms with van der Waals surface area (Å²) in [5.41, 5.74) is 0.952. The molecule has 1 saturated heterocycles. The maximum atomic E-state index is 13.2. The number of piperazine rings is 1. The van der Waals surface area contributed by atoms with E-state index < -0.39 is 5.82 Å². The molecule has 158 valence electrons. The first-order chi connectivity index (χ1) is 14.5. The lowest BCUT2D eigenvalue weighted by Crippen LogP contribution is -2.52. The first kappa shape index (κ1) is 21.7. The van der Waals surface area contributed by atoms with Crippen molar-refractivity contribution >= 4 is 17.6 Å². The summed E-state index contributed by atoms with van der Waals surface area (Å²) in [7, 11) is 0. The van der Waals surface area contributed by atoms with Crippen molar-refractivity contribution in [3.8, 4) is 0 Å². The van der Waals surface area contributed by atoms with Gasteiger partial charge in [0.05, 0.1) is 5.56 Å². The maximum Gasteiger partial charge on any atom is 0.254 e. The molecular weight excluding hydrogens is 383 g/mol. The van der Waals surface area contributed by atoms with Crippen molar-refractivity contribution in [3.63, 3.8) is 0 Å². The number of nitrogens with zero attached hydrogens (tertiary/aromatic N) is 2. The van der Waals surface area contributed by atoms with Crippen LogP contribution in [0.5, 0.6) is 0 Å². The Balaban J connectivity index is 1.73. The second-order valence-electron chi connectivity index (χ2n) is 7.51.